The number of nitrogens with one attached hydrogen (secondary N) is 1. The Morgan fingerprint density at radius 3 is 2.60 bits per heavy atom. The molecular weight excluding hydrogens is 256 g/mol. The second-order valence-electron chi connectivity index (χ2n) is 5.78. The molecule has 1 aromatic rings. The van der Waals surface area contributed by atoms with Gasteiger partial charge in [-0.2, -0.15) is 0 Å². The number of carbonyl (C=O) groups is 1. The average molecular weight is 278 g/mol. The molecule has 0 spiro atoms. The number of anilines is 2. The van der Waals surface area contributed by atoms with Gasteiger partial charge in [0.1, 0.15) is 0 Å². The highest BCUT2D eigenvalue weighted by Gasteiger charge is 2.18. The molecule has 0 radical (unpaired) electrons. The van der Waals surface area contributed by atoms with Gasteiger partial charge in [-0.15, -0.1) is 0 Å². The highest BCUT2D eigenvalue weighted by molar-refractivity contribution is 5.94. The van der Waals surface area contributed by atoms with E-state index in [9.17, 15) is 4.79 Å². The Bertz CT molecular complexity index is 500. The van der Waals surface area contributed by atoms with E-state index in [2.05, 4.69) is 26.1 Å². The molecule has 1 heterocycles. The smallest absolute Gasteiger partial charge is 0.231 e. The van der Waals surface area contributed by atoms with Gasteiger partial charge in [0.05, 0.1) is 11.4 Å². The molecule has 3 N–H and O–H groups in total. The lowest BCUT2D eigenvalue weighted by molar-refractivity contribution is -0.117. The predicted molar refractivity (Wildman–Crippen MR) is 78.8 cm³/mol. The van der Waals surface area contributed by atoms with Crippen molar-refractivity contribution in [2.45, 2.75) is 33.6 Å². The summed E-state index contributed by atoms with van der Waals surface area (Å²) < 4.78 is 10.5. The number of nitrogen functional groups attached to an aromatic ring is 1. The lowest BCUT2D eigenvalue weighted by Gasteiger charge is -2.14. The van der Waals surface area contributed by atoms with Crippen molar-refractivity contribution in [1.29, 1.82) is 0 Å². The SMILES string of the molecule is CC(C)CC(C)CC(=O)Nc1cc2c(cc1N)OCO2. The second kappa shape index (κ2) is 6.03. The summed E-state index contributed by atoms with van der Waals surface area (Å²) in [5.74, 6) is 2.15. The molecule has 0 fully saturated rings. The van der Waals surface area contributed by atoms with Crippen molar-refractivity contribution in [2.75, 3.05) is 17.8 Å². The largest absolute Gasteiger partial charge is 0.454 e. The molecule has 0 bridgehead atoms. The van der Waals surface area contributed by atoms with Crippen LogP contribution in [-0.4, -0.2) is 12.7 Å². The third-order valence-electron chi connectivity index (χ3n) is 3.23. The minimum Gasteiger partial charge on any atom is -0.454 e. The molecule has 0 saturated heterocycles. The Balaban J connectivity index is 1.98. The summed E-state index contributed by atoms with van der Waals surface area (Å²) in [7, 11) is 0. The highest BCUT2D eigenvalue weighted by atomic mass is 16.7. The van der Waals surface area contributed by atoms with Crippen LogP contribution in [-0.2, 0) is 4.79 Å². The van der Waals surface area contributed by atoms with Gasteiger partial charge in [-0.25, -0.2) is 0 Å². The Kier molecular flexibility index (Phi) is 4.37. The van der Waals surface area contributed by atoms with Gasteiger partial charge in [0.2, 0.25) is 12.7 Å². The molecule has 20 heavy (non-hydrogen) atoms. The highest BCUT2D eigenvalue weighted by Crippen LogP contribution is 2.38. The zero-order valence-electron chi connectivity index (χ0n) is 12.2. The minimum atomic E-state index is -0.0243. The van der Waals surface area contributed by atoms with Crippen LogP contribution in [0.4, 0.5) is 11.4 Å². The molecule has 1 unspecified atom stereocenters. The number of fused-ring (bicyclic) bond motifs is 1. The van der Waals surface area contributed by atoms with E-state index in [0.717, 1.165) is 6.42 Å². The van der Waals surface area contributed by atoms with Crippen LogP contribution in [0.1, 0.15) is 33.6 Å². The van der Waals surface area contributed by atoms with Gasteiger partial charge in [0.15, 0.2) is 11.5 Å². The Morgan fingerprint density at radius 1 is 1.30 bits per heavy atom. The molecule has 1 atom stereocenters. The molecule has 5 nitrogen and oxygen atoms in total. The van der Waals surface area contributed by atoms with Crippen LogP contribution < -0.4 is 20.5 Å². The monoisotopic (exact) mass is 278 g/mol. The normalized spacial score (nSPS) is 14.4. The predicted octanol–water partition coefficient (Wildman–Crippen LogP) is 3.01. The van der Waals surface area contributed by atoms with E-state index >= 15 is 0 Å². The number of hydrogen-bond donors (Lipinski definition) is 2. The first-order valence-electron chi connectivity index (χ1n) is 6.94. The topological polar surface area (TPSA) is 73.6 Å². The summed E-state index contributed by atoms with van der Waals surface area (Å²) in [4.78, 5) is 12.0. The Hall–Kier alpha value is -1.91. The van der Waals surface area contributed by atoms with E-state index in [0.29, 0.717) is 41.1 Å². The van der Waals surface area contributed by atoms with E-state index in [1.807, 2.05) is 0 Å². The van der Waals surface area contributed by atoms with Crippen LogP contribution in [0, 0.1) is 11.8 Å². The van der Waals surface area contributed by atoms with Crippen molar-refractivity contribution in [3.63, 3.8) is 0 Å². The molecule has 110 valence electrons. The van der Waals surface area contributed by atoms with Crippen molar-refractivity contribution in [1.82, 2.24) is 0 Å². The molecule has 1 aliphatic heterocycles. The van der Waals surface area contributed by atoms with Gasteiger partial charge in [0.25, 0.3) is 0 Å². The second-order valence-corrected chi connectivity index (χ2v) is 5.78. The van der Waals surface area contributed by atoms with E-state index in [-0.39, 0.29) is 12.7 Å². The number of benzene rings is 1. The third kappa shape index (κ3) is 3.56. The van der Waals surface area contributed by atoms with Gasteiger partial charge in [-0.3, -0.25) is 4.79 Å². The summed E-state index contributed by atoms with van der Waals surface area (Å²) in [6, 6.07) is 3.39. The fourth-order valence-corrected chi connectivity index (χ4v) is 2.47. The van der Waals surface area contributed by atoms with Crippen molar-refractivity contribution in [2.24, 2.45) is 11.8 Å². The first kappa shape index (κ1) is 14.5. The number of nitrogens with two attached hydrogens (primary N) is 1. The third-order valence-corrected chi connectivity index (χ3v) is 3.23. The van der Waals surface area contributed by atoms with Crippen LogP contribution in [0.25, 0.3) is 0 Å². The van der Waals surface area contributed by atoms with Crippen molar-refractivity contribution < 1.29 is 14.3 Å². The number of carbonyl (C=O) groups excluding carboxylic acids is 1. The number of rotatable bonds is 5. The van der Waals surface area contributed by atoms with Gasteiger partial charge in [0, 0.05) is 18.6 Å². The molecule has 1 aliphatic rings. The zero-order valence-corrected chi connectivity index (χ0v) is 12.2. The first-order chi connectivity index (χ1) is 9.45. The van der Waals surface area contributed by atoms with Crippen LogP contribution in [0.2, 0.25) is 0 Å². The van der Waals surface area contributed by atoms with Crippen molar-refractivity contribution in [3.8, 4) is 11.5 Å². The van der Waals surface area contributed by atoms with Crippen molar-refractivity contribution >= 4 is 17.3 Å². The van der Waals surface area contributed by atoms with Gasteiger partial charge >= 0.3 is 0 Å². The lowest BCUT2D eigenvalue weighted by Crippen LogP contribution is -2.17. The van der Waals surface area contributed by atoms with Gasteiger partial charge in [-0.1, -0.05) is 20.8 Å². The molecule has 2 rings (SSSR count). The number of amides is 1. The fourth-order valence-electron chi connectivity index (χ4n) is 2.47. The van der Waals surface area contributed by atoms with E-state index in [1.54, 1.807) is 12.1 Å². The van der Waals surface area contributed by atoms with Gasteiger partial charge < -0.3 is 20.5 Å². The standard InChI is InChI=1S/C15H22N2O3/c1-9(2)4-10(3)5-15(18)17-12-7-14-13(6-11(12)16)19-8-20-14/h6-7,9-10H,4-5,8,16H2,1-3H3,(H,17,18). The molecule has 0 saturated carbocycles. The zero-order chi connectivity index (χ0) is 14.7. The fraction of sp³-hybridized carbons (Fsp3) is 0.533. The number of hydrogen-bond acceptors (Lipinski definition) is 4. The van der Waals surface area contributed by atoms with E-state index in [1.165, 1.54) is 0 Å². The summed E-state index contributed by atoms with van der Waals surface area (Å²) in [6.45, 7) is 6.59. The maximum atomic E-state index is 12.0. The van der Waals surface area contributed by atoms with Gasteiger partial charge in [-0.05, 0) is 18.3 Å². The number of ether oxygens (including phenoxy) is 2. The lowest BCUT2D eigenvalue weighted by atomic mass is 9.96. The van der Waals surface area contributed by atoms with E-state index < -0.39 is 0 Å². The summed E-state index contributed by atoms with van der Waals surface area (Å²) in [6.07, 6.45) is 1.52. The quantitative estimate of drug-likeness (QED) is 0.812. The first-order valence-corrected chi connectivity index (χ1v) is 6.94. The maximum absolute atomic E-state index is 12.0. The molecule has 0 aliphatic carbocycles. The molecule has 5 heteroatoms. The minimum absolute atomic E-state index is 0.0243. The Morgan fingerprint density at radius 2 is 1.95 bits per heavy atom. The van der Waals surface area contributed by atoms with Crippen LogP contribution >= 0.6 is 0 Å². The van der Waals surface area contributed by atoms with Crippen LogP contribution in [0.3, 0.4) is 0 Å². The molecule has 0 aromatic heterocycles. The maximum Gasteiger partial charge on any atom is 0.231 e. The van der Waals surface area contributed by atoms with Crippen LogP contribution in [0.15, 0.2) is 12.1 Å². The molecular formula is C15H22N2O3. The Labute approximate surface area is 119 Å². The van der Waals surface area contributed by atoms with Crippen LogP contribution in [0.5, 0.6) is 11.5 Å². The van der Waals surface area contributed by atoms with E-state index in [4.69, 9.17) is 15.2 Å². The summed E-state index contributed by atoms with van der Waals surface area (Å²) in [5.41, 5.74) is 6.97. The summed E-state index contributed by atoms with van der Waals surface area (Å²) >= 11 is 0. The molecule has 1 amide bonds. The average Bonchev–Trinajstić information content (AvgIpc) is 2.74. The molecule has 1 aromatic carbocycles. The van der Waals surface area contributed by atoms with Crippen molar-refractivity contribution in [3.05, 3.63) is 12.1 Å². The summed E-state index contributed by atoms with van der Waals surface area (Å²) in [5, 5.41) is 2.84.